The highest BCUT2D eigenvalue weighted by Crippen LogP contribution is 2.26. The largest absolute Gasteiger partial charge is 0.345 e. The molecule has 5 rings (SSSR count). The van der Waals surface area contributed by atoms with Crippen LogP contribution in [0.5, 0.6) is 0 Å². The van der Waals surface area contributed by atoms with Gasteiger partial charge < -0.3 is 4.57 Å². The Hall–Kier alpha value is -4.39. The van der Waals surface area contributed by atoms with Gasteiger partial charge in [-0.15, -0.1) is 0 Å². The first-order chi connectivity index (χ1) is 15.0. The van der Waals surface area contributed by atoms with Crippen LogP contribution in [0.2, 0.25) is 0 Å². The minimum atomic E-state index is -0.776. The number of hydrogen-bond donors (Lipinski definition) is 1. The van der Waals surface area contributed by atoms with Crippen LogP contribution in [0.4, 0.5) is 0 Å². The van der Waals surface area contributed by atoms with Gasteiger partial charge in [-0.05, 0) is 55.0 Å². The van der Waals surface area contributed by atoms with E-state index >= 15 is 0 Å². The molecule has 7 nitrogen and oxygen atoms in total. The molecule has 0 unspecified atom stereocenters. The highest BCUT2D eigenvalue weighted by atomic mass is 16.2. The highest BCUT2D eigenvalue weighted by Gasteiger charge is 2.15. The molecule has 0 atom stereocenters. The second kappa shape index (κ2) is 7.14. The van der Waals surface area contributed by atoms with E-state index in [4.69, 9.17) is 0 Å². The molecule has 2 aromatic heterocycles. The molecule has 7 heteroatoms. The first kappa shape index (κ1) is 18.6. The molecule has 5 aromatic rings. The topological polar surface area (TPSA) is 81.8 Å². The molecule has 31 heavy (non-hydrogen) atoms. The van der Waals surface area contributed by atoms with Gasteiger partial charge in [-0.3, -0.25) is 4.98 Å². The highest BCUT2D eigenvalue weighted by molar-refractivity contribution is 5.87. The molecular formula is C24H18N4O3. The molecular weight excluding hydrogens is 392 g/mol. The maximum Gasteiger partial charge on any atom is 0.345 e. The molecule has 3 aromatic carbocycles. The zero-order valence-electron chi connectivity index (χ0n) is 16.6. The Balaban J connectivity index is 1.74. The summed E-state index contributed by atoms with van der Waals surface area (Å²) in [5, 5.41) is 0.908. The van der Waals surface area contributed by atoms with Crippen molar-refractivity contribution in [2.75, 3.05) is 0 Å². The molecule has 0 bridgehead atoms. The van der Waals surface area contributed by atoms with Gasteiger partial charge in [-0.1, -0.05) is 36.4 Å². The van der Waals surface area contributed by atoms with Crippen molar-refractivity contribution < 1.29 is 0 Å². The number of aromatic nitrogens is 4. The van der Waals surface area contributed by atoms with E-state index in [1.807, 2.05) is 49.5 Å². The lowest BCUT2D eigenvalue weighted by Crippen LogP contribution is -2.47. The third-order valence-corrected chi connectivity index (χ3v) is 5.30. The Kier molecular flexibility index (Phi) is 4.29. The van der Waals surface area contributed by atoms with Gasteiger partial charge in [0.05, 0.1) is 16.9 Å². The second-order valence-corrected chi connectivity index (χ2v) is 7.24. The summed E-state index contributed by atoms with van der Waals surface area (Å²) >= 11 is 0. The van der Waals surface area contributed by atoms with Crippen LogP contribution in [-0.2, 0) is 0 Å². The Labute approximate surface area is 176 Å². The maximum atomic E-state index is 13.2. The fourth-order valence-corrected chi connectivity index (χ4v) is 3.83. The van der Waals surface area contributed by atoms with Crippen molar-refractivity contribution >= 4 is 10.9 Å². The summed E-state index contributed by atoms with van der Waals surface area (Å²) in [4.78, 5) is 40.4. The van der Waals surface area contributed by atoms with E-state index in [9.17, 15) is 14.4 Å². The number of aromatic amines is 1. The van der Waals surface area contributed by atoms with Crippen LogP contribution >= 0.6 is 0 Å². The molecule has 0 radical (unpaired) electrons. The monoisotopic (exact) mass is 410 g/mol. The predicted octanol–water partition coefficient (Wildman–Crippen LogP) is 2.93. The van der Waals surface area contributed by atoms with Gasteiger partial charge in [0.2, 0.25) is 0 Å². The molecule has 2 heterocycles. The van der Waals surface area contributed by atoms with E-state index in [2.05, 4.69) is 9.55 Å². The maximum absolute atomic E-state index is 13.2. The molecule has 1 N–H and O–H groups in total. The van der Waals surface area contributed by atoms with Gasteiger partial charge in [0.1, 0.15) is 0 Å². The Bertz CT molecular complexity index is 1590. The van der Waals surface area contributed by atoms with E-state index in [0.29, 0.717) is 11.4 Å². The summed E-state index contributed by atoms with van der Waals surface area (Å²) < 4.78 is 3.99. The van der Waals surface area contributed by atoms with Gasteiger partial charge in [0.25, 0.3) is 0 Å². The van der Waals surface area contributed by atoms with Crippen LogP contribution in [0.1, 0.15) is 5.56 Å². The zero-order chi connectivity index (χ0) is 21.5. The van der Waals surface area contributed by atoms with Crippen LogP contribution in [0.15, 0.2) is 99.4 Å². The Morgan fingerprint density at radius 3 is 1.90 bits per heavy atom. The van der Waals surface area contributed by atoms with Crippen molar-refractivity contribution in [3.63, 3.8) is 0 Å². The van der Waals surface area contributed by atoms with E-state index < -0.39 is 17.1 Å². The number of hydrogen-bond acceptors (Lipinski definition) is 3. The summed E-state index contributed by atoms with van der Waals surface area (Å²) in [5.74, 6) is 0. The number of fused-ring (bicyclic) bond motifs is 1. The van der Waals surface area contributed by atoms with Crippen molar-refractivity contribution in [3.05, 3.63) is 122 Å². The minimum Gasteiger partial charge on any atom is -0.316 e. The molecule has 0 aliphatic heterocycles. The third kappa shape index (κ3) is 3.03. The number of nitrogens with zero attached hydrogens (tertiary/aromatic N) is 3. The van der Waals surface area contributed by atoms with Crippen molar-refractivity contribution in [3.8, 4) is 17.1 Å². The Morgan fingerprint density at radius 2 is 1.26 bits per heavy atom. The van der Waals surface area contributed by atoms with Crippen molar-refractivity contribution in [2.24, 2.45) is 0 Å². The van der Waals surface area contributed by atoms with Gasteiger partial charge in [0.15, 0.2) is 0 Å². The molecule has 0 fully saturated rings. The molecule has 0 saturated heterocycles. The van der Waals surface area contributed by atoms with Gasteiger partial charge >= 0.3 is 17.1 Å². The predicted molar refractivity (Wildman–Crippen MR) is 120 cm³/mol. The average molecular weight is 410 g/mol. The molecule has 152 valence electrons. The fourth-order valence-electron chi connectivity index (χ4n) is 3.83. The van der Waals surface area contributed by atoms with Crippen LogP contribution in [0.3, 0.4) is 0 Å². The lowest BCUT2D eigenvalue weighted by Gasteiger charge is -2.10. The standard InChI is InChI=1S/C24H18N4O3/c1-16-15-26(17-8-4-2-5-9-17)21-13-12-19(14-20(16)21)28-23(30)25-22(29)27(24(28)31)18-10-6-3-7-11-18/h2-15H,1H3,(H,25,29,30). The zero-order valence-corrected chi connectivity index (χ0v) is 16.6. The van der Waals surface area contributed by atoms with Crippen LogP contribution in [0, 0.1) is 6.92 Å². The third-order valence-electron chi connectivity index (χ3n) is 5.30. The summed E-state index contributed by atoms with van der Waals surface area (Å²) in [5.41, 5.74) is 1.47. The summed E-state index contributed by atoms with van der Waals surface area (Å²) in [7, 11) is 0. The number of benzene rings is 3. The smallest absolute Gasteiger partial charge is 0.316 e. The van der Waals surface area contributed by atoms with E-state index in [0.717, 1.165) is 31.3 Å². The average Bonchev–Trinajstić information content (AvgIpc) is 3.11. The first-order valence-electron chi connectivity index (χ1n) is 9.76. The van der Waals surface area contributed by atoms with Crippen molar-refractivity contribution in [2.45, 2.75) is 6.92 Å². The minimum absolute atomic E-state index is 0.384. The van der Waals surface area contributed by atoms with Crippen LogP contribution in [-0.4, -0.2) is 18.7 Å². The quantitative estimate of drug-likeness (QED) is 0.497. The van der Waals surface area contributed by atoms with Crippen molar-refractivity contribution in [1.82, 2.24) is 18.7 Å². The van der Waals surface area contributed by atoms with E-state index in [1.165, 1.54) is 0 Å². The summed E-state index contributed by atoms with van der Waals surface area (Å²) in [6.45, 7) is 1.98. The number of aryl methyl sites for hydroxylation is 1. The normalized spacial score (nSPS) is 11.1. The molecule has 0 aliphatic carbocycles. The number of para-hydroxylation sites is 2. The lowest BCUT2D eigenvalue weighted by atomic mass is 10.1. The molecule has 0 aliphatic rings. The fraction of sp³-hybridized carbons (Fsp3) is 0.0417. The van der Waals surface area contributed by atoms with Crippen LogP contribution in [0.25, 0.3) is 28.0 Å². The number of rotatable bonds is 3. The first-order valence-corrected chi connectivity index (χ1v) is 9.76. The van der Waals surface area contributed by atoms with Gasteiger partial charge in [-0.2, -0.15) is 0 Å². The second-order valence-electron chi connectivity index (χ2n) is 7.24. The van der Waals surface area contributed by atoms with E-state index in [-0.39, 0.29) is 0 Å². The Morgan fingerprint density at radius 1 is 0.677 bits per heavy atom. The molecule has 0 amide bonds. The summed E-state index contributed by atoms with van der Waals surface area (Å²) in [6, 6.07) is 23.8. The van der Waals surface area contributed by atoms with Gasteiger partial charge in [-0.25, -0.2) is 23.5 Å². The van der Waals surface area contributed by atoms with E-state index in [1.54, 1.807) is 42.5 Å². The summed E-state index contributed by atoms with van der Waals surface area (Å²) in [6.07, 6.45) is 2.02. The lowest BCUT2D eigenvalue weighted by molar-refractivity contribution is 0.715. The number of nitrogens with one attached hydrogen (secondary N) is 1. The van der Waals surface area contributed by atoms with Gasteiger partial charge in [0, 0.05) is 17.3 Å². The molecule has 0 spiro atoms. The molecule has 0 saturated carbocycles. The van der Waals surface area contributed by atoms with Crippen LogP contribution < -0.4 is 17.1 Å². The van der Waals surface area contributed by atoms with Crippen molar-refractivity contribution in [1.29, 1.82) is 0 Å². The number of H-pyrrole nitrogens is 1. The SMILES string of the molecule is Cc1cn(-c2ccccc2)c2ccc(-n3c(=O)[nH]c(=O)n(-c4ccccc4)c3=O)cc12.